The van der Waals surface area contributed by atoms with E-state index in [1.165, 1.54) is 11.1 Å². The quantitative estimate of drug-likeness (QED) is 0.859. The van der Waals surface area contributed by atoms with E-state index in [1.807, 2.05) is 18.6 Å². The van der Waals surface area contributed by atoms with Gasteiger partial charge in [0.15, 0.2) is 0 Å². The molecule has 1 amide bonds. The van der Waals surface area contributed by atoms with Crippen LogP contribution in [0.2, 0.25) is 0 Å². The highest BCUT2D eigenvalue weighted by Crippen LogP contribution is 2.29. The zero-order chi connectivity index (χ0) is 16.5. The van der Waals surface area contributed by atoms with Crippen LogP contribution >= 0.6 is 11.3 Å². The Kier molecular flexibility index (Phi) is 4.35. The number of thiazole rings is 1. The van der Waals surface area contributed by atoms with Gasteiger partial charge in [-0.2, -0.15) is 0 Å². The van der Waals surface area contributed by atoms with Crippen molar-refractivity contribution in [3.8, 4) is 0 Å². The van der Waals surface area contributed by atoms with Gasteiger partial charge in [-0.15, -0.1) is 11.3 Å². The second kappa shape index (κ2) is 6.63. The summed E-state index contributed by atoms with van der Waals surface area (Å²) >= 11 is 1.66. The van der Waals surface area contributed by atoms with Crippen molar-refractivity contribution < 1.29 is 9.53 Å². The SMILES string of the molecule is CN1C(=O)CCc2cc(CN3CCO[C@H](c4nccs4)C3)ccc21. The van der Waals surface area contributed by atoms with Crippen molar-refractivity contribution >= 4 is 22.9 Å². The van der Waals surface area contributed by atoms with Crippen molar-refractivity contribution in [2.24, 2.45) is 0 Å². The predicted octanol–water partition coefficient (Wildman–Crippen LogP) is 2.63. The Hall–Kier alpha value is -1.76. The molecule has 2 aromatic rings. The highest BCUT2D eigenvalue weighted by atomic mass is 32.1. The number of hydrogen-bond donors (Lipinski definition) is 0. The Balaban J connectivity index is 1.46. The van der Waals surface area contributed by atoms with Crippen LogP contribution in [0.25, 0.3) is 0 Å². The first-order valence-electron chi connectivity index (χ1n) is 8.32. The van der Waals surface area contributed by atoms with E-state index in [1.54, 1.807) is 16.2 Å². The summed E-state index contributed by atoms with van der Waals surface area (Å²) in [6, 6.07) is 6.48. The summed E-state index contributed by atoms with van der Waals surface area (Å²) in [7, 11) is 1.86. The molecule has 1 saturated heterocycles. The molecule has 0 spiro atoms. The van der Waals surface area contributed by atoms with Crippen molar-refractivity contribution in [2.75, 3.05) is 31.6 Å². The van der Waals surface area contributed by atoms with Crippen LogP contribution in [-0.2, 0) is 22.5 Å². The van der Waals surface area contributed by atoms with Crippen LogP contribution in [0.3, 0.4) is 0 Å². The number of ether oxygens (including phenoxy) is 1. The first-order valence-corrected chi connectivity index (χ1v) is 9.20. The molecule has 5 nitrogen and oxygen atoms in total. The van der Waals surface area contributed by atoms with Gasteiger partial charge in [0.1, 0.15) is 11.1 Å². The first kappa shape index (κ1) is 15.7. The van der Waals surface area contributed by atoms with E-state index in [0.29, 0.717) is 6.42 Å². The molecule has 6 heteroatoms. The highest BCUT2D eigenvalue weighted by Gasteiger charge is 2.25. The lowest BCUT2D eigenvalue weighted by molar-refractivity contribution is -0.118. The number of anilines is 1. The molecule has 4 rings (SSSR count). The Morgan fingerprint density at radius 3 is 3.12 bits per heavy atom. The zero-order valence-electron chi connectivity index (χ0n) is 13.8. The molecule has 24 heavy (non-hydrogen) atoms. The Labute approximate surface area is 145 Å². The topological polar surface area (TPSA) is 45.7 Å². The van der Waals surface area contributed by atoms with Crippen molar-refractivity contribution in [3.05, 3.63) is 45.9 Å². The lowest BCUT2D eigenvalue weighted by Gasteiger charge is -2.32. The number of rotatable bonds is 3. The molecular weight excluding hydrogens is 322 g/mol. The molecule has 2 aliphatic heterocycles. The van der Waals surface area contributed by atoms with Gasteiger partial charge < -0.3 is 9.64 Å². The van der Waals surface area contributed by atoms with Gasteiger partial charge >= 0.3 is 0 Å². The molecule has 0 radical (unpaired) electrons. The number of aryl methyl sites for hydroxylation is 1. The first-order chi connectivity index (χ1) is 11.7. The minimum Gasteiger partial charge on any atom is -0.368 e. The van der Waals surface area contributed by atoms with Crippen LogP contribution in [0, 0.1) is 0 Å². The molecular formula is C18H21N3O2S. The summed E-state index contributed by atoms with van der Waals surface area (Å²) in [6.45, 7) is 3.48. The normalized spacial score (nSPS) is 21.8. The Morgan fingerprint density at radius 1 is 1.38 bits per heavy atom. The fourth-order valence-corrected chi connectivity index (χ4v) is 4.13. The van der Waals surface area contributed by atoms with Gasteiger partial charge in [0.25, 0.3) is 0 Å². The molecule has 1 fully saturated rings. The molecule has 0 bridgehead atoms. The van der Waals surface area contributed by atoms with Crippen LogP contribution in [0.5, 0.6) is 0 Å². The lowest BCUT2D eigenvalue weighted by Crippen LogP contribution is -2.38. The number of hydrogen-bond acceptors (Lipinski definition) is 5. The zero-order valence-corrected chi connectivity index (χ0v) is 14.6. The van der Waals surface area contributed by atoms with E-state index in [2.05, 4.69) is 28.1 Å². The number of carbonyl (C=O) groups is 1. The molecule has 0 aliphatic carbocycles. The average Bonchev–Trinajstić information content (AvgIpc) is 3.13. The van der Waals surface area contributed by atoms with Gasteiger partial charge in [-0.3, -0.25) is 9.69 Å². The second-order valence-corrected chi connectivity index (χ2v) is 7.31. The summed E-state index contributed by atoms with van der Waals surface area (Å²) in [6.07, 6.45) is 3.37. The number of carbonyl (C=O) groups excluding carboxylic acids is 1. The fraction of sp³-hybridized carbons (Fsp3) is 0.444. The smallest absolute Gasteiger partial charge is 0.227 e. The van der Waals surface area contributed by atoms with Gasteiger partial charge in [-0.25, -0.2) is 4.98 Å². The Bertz CT molecular complexity index is 732. The van der Waals surface area contributed by atoms with Gasteiger partial charge in [-0.05, 0) is 23.6 Å². The monoisotopic (exact) mass is 343 g/mol. The molecule has 1 aromatic carbocycles. The summed E-state index contributed by atoms with van der Waals surface area (Å²) in [5.41, 5.74) is 3.63. The minimum atomic E-state index is 0.0835. The number of fused-ring (bicyclic) bond motifs is 1. The molecule has 126 valence electrons. The maximum Gasteiger partial charge on any atom is 0.227 e. The molecule has 0 saturated carbocycles. The maximum atomic E-state index is 11.8. The molecule has 3 heterocycles. The third kappa shape index (κ3) is 3.09. The van der Waals surface area contributed by atoms with Crippen molar-refractivity contribution in [1.29, 1.82) is 0 Å². The highest BCUT2D eigenvalue weighted by molar-refractivity contribution is 7.09. The van der Waals surface area contributed by atoms with Crippen molar-refractivity contribution in [2.45, 2.75) is 25.5 Å². The average molecular weight is 343 g/mol. The number of nitrogens with zero attached hydrogens (tertiary/aromatic N) is 3. The third-order valence-corrected chi connectivity index (χ3v) is 5.64. The minimum absolute atomic E-state index is 0.0835. The van der Waals surface area contributed by atoms with Crippen LogP contribution in [-0.4, -0.2) is 42.5 Å². The van der Waals surface area contributed by atoms with E-state index in [9.17, 15) is 4.79 Å². The van der Waals surface area contributed by atoms with Gasteiger partial charge in [0, 0.05) is 50.4 Å². The van der Waals surface area contributed by atoms with Crippen LogP contribution < -0.4 is 4.90 Å². The van der Waals surface area contributed by atoms with E-state index < -0.39 is 0 Å². The molecule has 0 unspecified atom stereocenters. The van der Waals surface area contributed by atoms with Crippen molar-refractivity contribution in [3.63, 3.8) is 0 Å². The standard InChI is InChI=1S/C18H21N3O2S/c1-20-15-4-2-13(10-14(15)3-5-17(20)22)11-21-7-8-23-16(12-21)18-19-6-9-24-18/h2,4,6,9-10,16H,3,5,7-8,11-12H2,1H3/t16-/m0/s1. The van der Waals surface area contributed by atoms with Crippen LogP contribution in [0.4, 0.5) is 5.69 Å². The van der Waals surface area contributed by atoms with E-state index in [0.717, 1.165) is 43.4 Å². The summed E-state index contributed by atoms with van der Waals surface area (Å²) in [5.74, 6) is 0.203. The molecule has 1 atom stereocenters. The molecule has 0 N–H and O–H groups in total. The Morgan fingerprint density at radius 2 is 2.29 bits per heavy atom. The van der Waals surface area contributed by atoms with Gasteiger partial charge in [0.05, 0.1) is 6.61 Å². The number of morpholine rings is 1. The largest absolute Gasteiger partial charge is 0.368 e. The lowest BCUT2D eigenvalue weighted by atomic mass is 9.99. The summed E-state index contributed by atoms with van der Waals surface area (Å²) in [4.78, 5) is 20.4. The van der Waals surface area contributed by atoms with Crippen LogP contribution in [0.15, 0.2) is 29.8 Å². The fourth-order valence-electron chi connectivity index (χ4n) is 3.46. The molecule has 1 aromatic heterocycles. The number of aromatic nitrogens is 1. The van der Waals surface area contributed by atoms with E-state index in [4.69, 9.17) is 4.74 Å². The second-order valence-electron chi connectivity index (χ2n) is 6.38. The van der Waals surface area contributed by atoms with Gasteiger partial charge in [0.2, 0.25) is 5.91 Å². The summed E-state index contributed by atoms with van der Waals surface area (Å²) < 4.78 is 5.87. The van der Waals surface area contributed by atoms with E-state index in [-0.39, 0.29) is 12.0 Å². The molecule has 2 aliphatic rings. The van der Waals surface area contributed by atoms with Crippen LogP contribution in [0.1, 0.15) is 28.7 Å². The van der Waals surface area contributed by atoms with Gasteiger partial charge in [-0.1, -0.05) is 12.1 Å². The predicted molar refractivity (Wildman–Crippen MR) is 94.3 cm³/mol. The van der Waals surface area contributed by atoms with E-state index >= 15 is 0 Å². The summed E-state index contributed by atoms with van der Waals surface area (Å²) in [5, 5.41) is 3.06. The number of amides is 1. The maximum absolute atomic E-state index is 11.8. The third-order valence-electron chi connectivity index (χ3n) is 4.77. The number of benzene rings is 1. The van der Waals surface area contributed by atoms with Crippen molar-refractivity contribution in [1.82, 2.24) is 9.88 Å².